The Bertz CT molecular complexity index is 318. The molecule has 1 saturated carbocycles. The van der Waals surface area contributed by atoms with E-state index in [9.17, 15) is 0 Å². The highest BCUT2D eigenvalue weighted by atomic mass is 16.5. The molecular formula is C13H23N3O. The van der Waals surface area contributed by atoms with Crippen LogP contribution >= 0.6 is 0 Å². The monoisotopic (exact) mass is 237 g/mol. The third-order valence-corrected chi connectivity index (χ3v) is 3.55. The fourth-order valence-electron chi connectivity index (χ4n) is 2.49. The van der Waals surface area contributed by atoms with Gasteiger partial charge in [-0.15, -0.1) is 0 Å². The molecule has 4 heteroatoms. The van der Waals surface area contributed by atoms with Crippen LogP contribution in [0.2, 0.25) is 0 Å². The quantitative estimate of drug-likeness (QED) is 0.773. The van der Waals surface area contributed by atoms with Gasteiger partial charge in [0.25, 0.3) is 0 Å². The second-order valence-corrected chi connectivity index (χ2v) is 4.98. The van der Waals surface area contributed by atoms with E-state index in [2.05, 4.69) is 10.1 Å². The van der Waals surface area contributed by atoms with Crippen LogP contribution in [0.15, 0.2) is 4.52 Å². The molecule has 2 N–H and O–H groups in total. The molecule has 0 radical (unpaired) electrons. The molecule has 0 unspecified atom stereocenters. The van der Waals surface area contributed by atoms with Crippen molar-refractivity contribution in [2.45, 2.75) is 63.7 Å². The number of aryl methyl sites for hydroxylation is 1. The van der Waals surface area contributed by atoms with Crippen LogP contribution in [-0.4, -0.2) is 16.7 Å². The summed E-state index contributed by atoms with van der Waals surface area (Å²) in [5, 5.41) is 4.13. The van der Waals surface area contributed by atoms with Gasteiger partial charge in [-0.1, -0.05) is 30.8 Å². The lowest BCUT2D eigenvalue weighted by molar-refractivity contribution is 0.355. The average Bonchev–Trinajstić information content (AvgIpc) is 2.85. The highest BCUT2D eigenvalue weighted by Crippen LogP contribution is 2.30. The van der Waals surface area contributed by atoms with E-state index in [1.807, 2.05) is 0 Å². The van der Waals surface area contributed by atoms with Gasteiger partial charge in [-0.3, -0.25) is 0 Å². The molecule has 96 valence electrons. The summed E-state index contributed by atoms with van der Waals surface area (Å²) in [6.07, 6.45) is 10.7. The minimum absolute atomic E-state index is 0.547. The van der Waals surface area contributed by atoms with Gasteiger partial charge < -0.3 is 10.3 Å². The Morgan fingerprint density at radius 3 is 2.71 bits per heavy atom. The average molecular weight is 237 g/mol. The molecule has 1 fully saturated rings. The molecule has 0 aliphatic heterocycles. The van der Waals surface area contributed by atoms with Gasteiger partial charge in [-0.05, 0) is 32.2 Å². The maximum Gasteiger partial charge on any atom is 0.226 e. The summed E-state index contributed by atoms with van der Waals surface area (Å²) in [7, 11) is 0. The summed E-state index contributed by atoms with van der Waals surface area (Å²) in [5.74, 6) is 2.30. The van der Waals surface area contributed by atoms with Crippen molar-refractivity contribution in [3.63, 3.8) is 0 Å². The van der Waals surface area contributed by atoms with Crippen molar-refractivity contribution >= 4 is 0 Å². The lowest BCUT2D eigenvalue weighted by Gasteiger charge is -2.17. The molecule has 0 bridgehead atoms. The topological polar surface area (TPSA) is 64.9 Å². The Morgan fingerprint density at radius 1 is 1.12 bits per heavy atom. The van der Waals surface area contributed by atoms with Gasteiger partial charge in [-0.2, -0.15) is 4.98 Å². The molecule has 0 atom stereocenters. The molecule has 0 saturated heterocycles. The van der Waals surface area contributed by atoms with Crippen molar-refractivity contribution < 1.29 is 4.52 Å². The molecule has 1 aliphatic rings. The second kappa shape index (κ2) is 6.74. The van der Waals surface area contributed by atoms with E-state index >= 15 is 0 Å². The van der Waals surface area contributed by atoms with E-state index in [0.29, 0.717) is 5.92 Å². The van der Waals surface area contributed by atoms with E-state index in [1.54, 1.807) is 0 Å². The molecule has 1 aromatic heterocycles. The summed E-state index contributed by atoms with van der Waals surface area (Å²) in [6.45, 7) is 0.775. The Balaban J connectivity index is 1.78. The van der Waals surface area contributed by atoms with Crippen LogP contribution in [0.4, 0.5) is 0 Å². The molecule has 17 heavy (non-hydrogen) atoms. The smallest absolute Gasteiger partial charge is 0.226 e. The van der Waals surface area contributed by atoms with Crippen molar-refractivity contribution in [2.24, 2.45) is 5.73 Å². The Labute approximate surface area is 103 Å². The number of aromatic nitrogens is 2. The van der Waals surface area contributed by atoms with Gasteiger partial charge in [0, 0.05) is 12.3 Å². The second-order valence-electron chi connectivity index (χ2n) is 4.98. The molecule has 1 aliphatic carbocycles. The van der Waals surface area contributed by atoms with Crippen molar-refractivity contribution in [2.75, 3.05) is 6.54 Å². The third-order valence-electron chi connectivity index (χ3n) is 3.55. The van der Waals surface area contributed by atoms with Gasteiger partial charge in [0.05, 0.1) is 0 Å². The van der Waals surface area contributed by atoms with Crippen LogP contribution in [0.5, 0.6) is 0 Å². The van der Waals surface area contributed by atoms with Crippen LogP contribution in [0.3, 0.4) is 0 Å². The van der Waals surface area contributed by atoms with Crippen LogP contribution in [0, 0.1) is 0 Å². The molecule has 0 amide bonds. The summed E-state index contributed by atoms with van der Waals surface area (Å²) in [6, 6.07) is 0. The lowest BCUT2D eigenvalue weighted by atomic mass is 9.89. The van der Waals surface area contributed by atoms with Crippen molar-refractivity contribution in [3.05, 3.63) is 11.7 Å². The minimum atomic E-state index is 0.547. The van der Waals surface area contributed by atoms with Crippen molar-refractivity contribution in [1.82, 2.24) is 10.1 Å². The number of nitrogens with two attached hydrogens (primary N) is 1. The number of unbranched alkanes of at least 4 members (excludes halogenated alkanes) is 2. The largest absolute Gasteiger partial charge is 0.339 e. The molecule has 1 heterocycles. The summed E-state index contributed by atoms with van der Waals surface area (Å²) in [5.41, 5.74) is 5.46. The zero-order chi connectivity index (χ0) is 11.9. The van der Waals surface area contributed by atoms with E-state index in [1.165, 1.54) is 32.1 Å². The van der Waals surface area contributed by atoms with E-state index in [4.69, 9.17) is 10.3 Å². The van der Waals surface area contributed by atoms with E-state index in [-0.39, 0.29) is 0 Å². The molecule has 2 rings (SSSR count). The maximum atomic E-state index is 5.46. The van der Waals surface area contributed by atoms with Crippen LogP contribution < -0.4 is 5.73 Å². The van der Waals surface area contributed by atoms with Crippen LogP contribution in [0.25, 0.3) is 0 Å². The summed E-state index contributed by atoms with van der Waals surface area (Å²) >= 11 is 0. The van der Waals surface area contributed by atoms with E-state index in [0.717, 1.165) is 43.9 Å². The molecule has 4 nitrogen and oxygen atoms in total. The SMILES string of the molecule is NCCCCCc1nc(C2CCCCC2)no1. The Kier molecular flexibility index (Phi) is 4.98. The van der Waals surface area contributed by atoms with E-state index < -0.39 is 0 Å². The highest BCUT2D eigenvalue weighted by molar-refractivity contribution is 4.96. The van der Waals surface area contributed by atoms with Gasteiger partial charge in [0.2, 0.25) is 5.89 Å². The number of hydrogen-bond acceptors (Lipinski definition) is 4. The first-order valence-electron chi connectivity index (χ1n) is 6.92. The fraction of sp³-hybridized carbons (Fsp3) is 0.846. The number of rotatable bonds is 6. The predicted molar refractivity (Wildman–Crippen MR) is 66.7 cm³/mol. The highest BCUT2D eigenvalue weighted by Gasteiger charge is 2.20. The standard InChI is InChI=1S/C13H23N3O/c14-10-6-2-5-9-12-15-13(16-17-12)11-7-3-1-4-8-11/h11H,1-10,14H2. The summed E-state index contributed by atoms with van der Waals surface area (Å²) < 4.78 is 5.31. The first-order valence-corrected chi connectivity index (χ1v) is 6.92. The van der Waals surface area contributed by atoms with Gasteiger partial charge in [0.1, 0.15) is 0 Å². The number of nitrogens with zero attached hydrogens (tertiary/aromatic N) is 2. The van der Waals surface area contributed by atoms with Crippen molar-refractivity contribution in [3.8, 4) is 0 Å². The fourth-order valence-corrected chi connectivity index (χ4v) is 2.49. The van der Waals surface area contributed by atoms with Crippen molar-refractivity contribution in [1.29, 1.82) is 0 Å². The number of hydrogen-bond donors (Lipinski definition) is 1. The third kappa shape index (κ3) is 3.80. The first-order chi connectivity index (χ1) is 8.40. The molecule has 0 aromatic carbocycles. The first kappa shape index (κ1) is 12.6. The minimum Gasteiger partial charge on any atom is -0.339 e. The Hall–Kier alpha value is -0.900. The van der Waals surface area contributed by atoms with Gasteiger partial charge in [-0.25, -0.2) is 0 Å². The maximum absolute atomic E-state index is 5.46. The molecule has 0 spiro atoms. The summed E-state index contributed by atoms with van der Waals surface area (Å²) in [4.78, 5) is 4.52. The van der Waals surface area contributed by atoms with Gasteiger partial charge >= 0.3 is 0 Å². The predicted octanol–water partition coefficient (Wildman–Crippen LogP) is 2.79. The molecular weight excluding hydrogens is 214 g/mol. The van der Waals surface area contributed by atoms with Crippen LogP contribution in [-0.2, 0) is 6.42 Å². The van der Waals surface area contributed by atoms with Gasteiger partial charge in [0.15, 0.2) is 5.82 Å². The Morgan fingerprint density at radius 2 is 1.94 bits per heavy atom. The zero-order valence-electron chi connectivity index (χ0n) is 10.5. The molecule has 1 aromatic rings. The van der Waals surface area contributed by atoms with Crippen LogP contribution in [0.1, 0.15) is 69.0 Å². The lowest BCUT2D eigenvalue weighted by Crippen LogP contribution is -2.06. The zero-order valence-corrected chi connectivity index (χ0v) is 10.5. The normalized spacial score (nSPS) is 17.5.